The molecule has 0 spiro atoms. The number of hydrogen-bond donors (Lipinski definition) is 1. The molecule has 0 bridgehead atoms. The number of rotatable bonds is 10. The van der Waals surface area contributed by atoms with Crippen LogP contribution in [0.5, 0.6) is 5.75 Å². The van der Waals surface area contributed by atoms with Crippen molar-refractivity contribution in [2.45, 2.75) is 38.9 Å². The van der Waals surface area contributed by atoms with Gasteiger partial charge >= 0.3 is 0 Å². The average Bonchev–Trinajstić information content (AvgIpc) is 3.20. The summed E-state index contributed by atoms with van der Waals surface area (Å²) in [4.78, 5) is 24.6. The molecule has 7 nitrogen and oxygen atoms in total. The first-order chi connectivity index (χ1) is 15.4. The van der Waals surface area contributed by atoms with Gasteiger partial charge in [-0.3, -0.25) is 9.59 Å². The van der Waals surface area contributed by atoms with Crippen LogP contribution in [0, 0.1) is 5.92 Å². The zero-order chi connectivity index (χ0) is 23.1. The van der Waals surface area contributed by atoms with Crippen LogP contribution in [0.15, 0.2) is 53.7 Å². The molecule has 0 radical (unpaired) electrons. The van der Waals surface area contributed by atoms with Crippen LogP contribution < -0.4 is 10.1 Å². The number of nitrogens with zero attached hydrogens (tertiary/aromatic N) is 3. The molecule has 2 aromatic carbocycles. The molecular formula is C24H28N4O3S. The Balaban J connectivity index is 1.66. The second-order valence-electron chi connectivity index (χ2n) is 7.69. The number of nitrogens with one attached hydrogen (secondary N) is 1. The molecule has 0 saturated carbocycles. The standard InChI is InChI=1S/C24H28N4O3S/c1-5-28-23(19-8-6-7-9-21(19)31-4)26-27-24(28)32-15-20(29)17-10-12-18(13-11-17)25-22(30)14-16(2)3/h6-13,16H,5,14-15H2,1-4H3,(H,25,30). The molecule has 1 aromatic heterocycles. The third kappa shape index (κ3) is 5.76. The molecule has 0 aliphatic heterocycles. The Bertz CT molecular complexity index is 1080. The van der Waals surface area contributed by atoms with Crippen LogP contribution in [0.4, 0.5) is 5.69 Å². The second kappa shape index (κ2) is 10.9. The number of ether oxygens (including phenoxy) is 1. The maximum Gasteiger partial charge on any atom is 0.224 e. The number of para-hydroxylation sites is 1. The largest absolute Gasteiger partial charge is 0.496 e. The van der Waals surface area contributed by atoms with Crippen LogP contribution in [0.2, 0.25) is 0 Å². The normalized spacial score (nSPS) is 10.9. The summed E-state index contributed by atoms with van der Waals surface area (Å²) in [5.74, 6) is 1.92. The Morgan fingerprint density at radius 3 is 2.47 bits per heavy atom. The van der Waals surface area contributed by atoms with E-state index in [9.17, 15) is 9.59 Å². The van der Waals surface area contributed by atoms with Crippen LogP contribution in [-0.2, 0) is 11.3 Å². The molecule has 3 aromatic rings. The Kier molecular flexibility index (Phi) is 8.05. The molecule has 0 atom stereocenters. The smallest absolute Gasteiger partial charge is 0.224 e. The number of amides is 1. The number of aromatic nitrogens is 3. The fourth-order valence-electron chi connectivity index (χ4n) is 3.24. The van der Waals surface area contributed by atoms with Crippen LogP contribution >= 0.6 is 11.8 Å². The van der Waals surface area contributed by atoms with Gasteiger partial charge in [0.2, 0.25) is 5.91 Å². The van der Waals surface area contributed by atoms with Crippen molar-refractivity contribution in [2.75, 3.05) is 18.2 Å². The lowest BCUT2D eigenvalue weighted by atomic mass is 10.1. The maximum absolute atomic E-state index is 12.7. The number of carbonyl (C=O) groups is 2. The molecule has 1 heterocycles. The molecule has 0 saturated heterocycles. The number of Topliss-reactive ketones (excluding diaryl/α,β-unsaturated/α-hetero) is 1. The van der Waals surface area contributed by atoms with Gasteiger partial charge < -0.3 is 14.6 Å². The minimum atomic E-state index is -0.0283. The number of hydrogen-bond acceptors (Lipinski definition) is 6. The first-order valence-corrected chi connectivity index (χ1v) is 11.5. The molecule has 8 heteroatoms. The number of methoxy groups -OCH3 is 1. The lowest BCUT2D eigenvalue weighted by Gasteiger charge is -2.10. The maximum atomic E-state index is 12.7. The Morgan fingerprint density at radius 1 is 1.09 bits per heavy atom. The molecule has 3 rings (SSSR count). The molecule has 32 heavy (non-hydrogen) atoms. The third-order valence-corrected chi connectivity index (χ3v) is 5.76. The minimum Gasteiger partial charge on any atom is -0.496 e. The van der Waals surface area contributed by atoms with Gasteiger partial charge in [0, 0.05) is 24.2 Å². The van der Waals surface area contributed by atoms with E-state index in [4.69, 9.17) is 4.74 Å². The van der Waals surface area contributed by atoms with E-state index in [0.29, 0.717) is 41.1 Å². The van der Waals surface area contributed by atoms with Crippen molar-refractivity contribution in [1.82, 2.24) is 14.8 Å². The van der Waals surface area contributed by atoms with Crippen LogP contribution in [0.1, 0.15) is 37.6 Å². The molecule has 1 N–H and O–H groups in total. The van der Waals surface area contributed by atoms with Crippen molar-refractivity contribution >= 4 is 29.1 Å². The van der Waals surface area contributed by atoms with Crippen LogP contribution in [0.3, 0.4) is 0 Å². The van der Waals surface area contributed by atoms with Crippen molar-refractivity contribution in [3.63, 3.8) is 0 Å². The quantitative estimate of drug-likeness (QED) is 0.347. The number of benzene rings is 2. The van der Waals surface area contributed by atoms with Gasteiger partial charge in [-0.05, 0) is 49.2 Å². The third-order valence-electron chi connectivity index (χ3n) is 4.80. The number of anilines is 1. The van der Waals surface area contributed by atoms with E-state index in [1.54, 1.807) is 31.4 Å². The molecular weight excluding hydrogens is 424 g/mol. The van der Waals surface area contributed by atoms with Gasteiger partial charge in [0.05, 0.1) is 18.4 Å². The van der Waals surface area contributed by atoms with Crippen molar-refractivity contribution in [3.8, 4) is 17.1 Å². The zero-order valence-electron chi connectivity index (χ0n) is 18.8. The highest BCUT2D eigenvalue weighted by molar-refractivity contribution is 7.99. The van der Waals surface area contributed by atoms with E-state index >= 15 is 0 Å². The van der Waals surface area contributed by atoms with Crippen LogP contribution in [0.25, 0.3) is 11.4 Å². The van der Waals surface area contributed by atoms with E-state index < -0.39 is 0 Å². The Labute approximate surface area is 192 Å². The number of carbonyl (C=O) groups excluding carboxylic acids is 2. The molecule has 1 amide bonds. The first kappa shape index (κ1) is 23.5. The SMILES string of the molecule is CCn1c(SCC(=O)c2ccc(NC(=O)CC(C)C)cc2)nnc1-c1ccccc1OC. The summed E-state index contributed by atoms with van der Waals surface area (Å²) in [6.45, 7) is 6.68. The topological polar surface area (TPSA) is 86.1 Å². The monoisotopic (exact) mass is 452 g/mol. The summed E-state index contributed by atoms with van der Waals surface area (Å²) >= 11 is 1.35. The van der Waals surface area contributed by atoms with Gasteiger partial charge in [0.1, 0.15) is 5.75 Å². The Morgan fingerprint density at radius 2 is 1.81 bits per heavy atom. The van der Waals surface area contributed by atoms with E-state index in [1.165, 1.54) is 11.8 Å². The van der Waals surface area contributed by atoms with E-state index in [2.05, 4.69) is 15.5 Å². The summed E-state index contributed by atoms with van der Waals surface area (Å²) in [7, 11) is 1.63. The van der Waals surface area contributed by atoms with Gasteiger partial charge in [0.15, 0.2) is 16.8 Å². The summed E-state index contributed by atoms with van der Waals surface area (Å²) in [6, 6.07) is 14.6. The van der Waals surface area contributed by atoms with Gasteiger partial charge in [-0.1, -0.05) is 37.7 Å². The average molecular weight is 453 g/mol. The molecule has 0 fully saturated rings. The van der Waals surface area contributed by atoms with Gasteiger partial charge in [-0.2, -0.15) is 0 Å². The number of ketones is 1. The number of thioether (sulfide) groups is 1. The Hall–Kier alpha value is -3.13. The summed E-state index contributed by atoms with van der Waals surface area (Å²) in [5.41, 5.74) is 2.14. The fourth-order valence-corrected chi connectivity index (χ4v) is 4.14. The van der Waals surface area contributed by atoms with E-state index in [0.717, 1.165) is 11.3 Å². The predicted molar refractivity (Wildman–Crippen MR) is 127 cm³/mol. The summed E-state index contributed by atoms with van der Waals surface area (Å²) < 4.78 is 7.42. The highest BCUT2D eigenvalue weighted by atomic mass is 32.2. The summed E-state index contributed by atoms with van der Waals surface area (Å²) in [6.07, 6.45) is 0.465. The molecule has 168 valence electrons. The fraction of sp³-hybridized carbons (Fsp3) is 0.333. The van der Waals surface area contributed by atoms with Crippen molar-refractivity contribution in [3.05, 3.63) is 54.1 Å². The molecule has 0 unspecified atom stereocenters. The predicted octanol–water partition coefficient (Wildman–Crippen LogP) is 4.93. The van der Waals surface area contributed by atoms with Crippen molar-refractivity contribution < 1.29 is 14.3 Å². The first-order valence-electron chi connectivity index (χ1n) is 10.5. The van der Waals surface area contributed by atoms with E-state index in [-0.39, 0.29) is 17.4 Å². The zero-order valence-corrected chi connectivity index (χ0v) is 19.6. The van der Waals surface area contributed by atoms with Gasteiger partial charge in [-0.25, -0.2) is 0 Å². The second-order valence-corrected chi connectivity index (χ2v) is 8.63. The highest BCUT2D eigenvalue weighted by Gasteiger charge is 2.18. The van der Waals surface area contributed by atoms with Gasteiger partial charge in [-0.15, -0.1) is 10.2 Å². The highest BCUT2D eigenvalue weighted by Crippen LogP contribution is 2.31. The van der Waals surface area contributed by atoms with Crippen molar-refractivity contribution in [2.24, 2.45) is 5.92 Å². The van der Waals surface area contributed by atoms with Gasteiger partial charge in [0.25, 0.3) is 0 Å². The molecule has 0 aliphatic rings. The van der Waals surface area contributed by atoms with Crippen molar-refractivity contribution in [1.29, 1.82) is 0 Å². The summed E-state index contributed by atoms with van der Waals surface area (Å²) in [5, 5.41) is 12.2. The minimum absolute atomic E-state index is 0.0143. The van der Waals surface area contributed by atoms with Crippen LogP contribution in [-0.4, -0.2) is 39.3 Å². The van der Waals surface area contributed by atoms with E-state index in [1.807, 2.05) is 49.6 Å². The lowest BCUT2D eigenvalue weighted by molar-refractivity contribution is -0.116. The molecule has 0 aliphatic carbocycles. The lowest BCUT2D eigenvalue weighted by Crippen LogP contribution is -2.14.